The molecule has 0 atom stereocenters. The van der Waals surface area contributed by atoms with Gasteiger partial charge in [0.15, 0.2) is 0 Å². The van der Waals surface area contributed by atoms with Crippen LogP contribution in [0.4, 0.5) is 24.9 Å². The third-order valence-corrected chi connectivity index (χ3v) is 6.25. The molecule has 1 saturated carbocycles. The molecule has 1 fully saturated rings. The zero-order valence-electron chi connectivity index (χ0n) is 20.6. The summed E-state index contributed by atoms with van der Waals surface area (Å²) in [4.78, 5) is 8.95. The zero-order valence-corrected chi connectivity index (χ0v) is 20.6. The number of aliphatic hydroxyl groups is 1. The molecule has 1 aromatic carbocycles. The van der Waals surface area contributed by atoms with E-state index in [4.69, 9.17) is 9.84 Å². The van der Waals surface area contributed by atoms with Gasteiger partial charge < -0.3 is 30.5 Å². The number of aliphatic hydroxyl groups excluding tert-OH is 1. The Morgan fingerprint density at radius 1 is 1.08 bits per heavy atom. The molecule has 1 aliphatic carbocycles. The molecule has 0 saturated heterocycles. The van der Waals surface area contributed by atoms with Gasteiger partial charge in [0.25, 0.3) is 0 Å². The fourth-order valence-corrected chi connectivity index (χ4v) is 4.29. The number of benzene rings is 1. The highest BCUT2D eigenvalue weighted by atomic mass is 19.4. The number of aromatic nitrogens is 2. The van der Waals surface area contributed by atoms with E-state index in [0.717, 1.165) is 50.8 Å². The van der Waals surface area contributed by atoms with E-state index in [1.807, 2.05) is 0 Å². The molecule has 1 aliphatic rings. The number of anilines is 2. The number of ether oxygens (including phenoxy) is 2. The molecule has 36 heavy (non-hydrogen) atoms. The highest BCUT2D eigenvalue weighted by molar-refractivity contribution is 5.48. The smallest absolute Gasteiger partial charge is 0.405 e. The van der Waals surface area contributed by atoms with Crippen LogP contribution in [0.25, 0.3) is 0 Å². The molecule has 0 unspecified atom stereocenters. The summed E-state index contributed by atoms with van der Waals surface area (Å²) in [5, 5.41) is 18.9. The maximum Gasteiger partial charge on any atom is 0.573 e. The Bertz CT molecular complexity index is 924. The largest absolute Gasteiger partial charge is 0.573 e. The molecule has 200 valence electrons. The van der Waals surface area contributed by atoms with Crippen molar-refractivity contribution in [1.82, 2.24) is 15.3 Å². The molecule has 0 amide bonds. The fourth-order valence-electron chi connectivity index (χ4n) is 4.29. The van der Waals surface area contributed by atoms with Gasteiger partial charge in [-0.1, -0.05) is 18.2 Å². The molecule has 4 N–H and O–H groups in total. The fraction of sp³-hybridized carbons (Fsp3) is 0.600. The Hall–Kier alpha value is -2.63. The van der Waals surface area contributed by atoms with E-state index in [1.165, 1.54) is 12.1 Å². The minimum Gasteiger partial charge on any atom is -0.405 e. The summed E-state index contributed by atoms with van der Waals surface area (Å²) < 4.78 is 47.5. The van der Waals surface area contributed by atoms with Crippen LogP contribution in [0.2, 0.25) is 0 Å². The van der Waals surface area contributed by atoms with Crippen LogP contribution in [0.15, 0.2) is 30.5 Å². The third-order valence-electron chi connectivity index (χ3n) is 6.25. The van der Waals surface area contributed by atoms with E-state index < -0.39 is 6.36 Å². The van der Waals surface area contributed by atoms with Gasteiger partial charge in [-0.15, -0.1) is 13.2 Å². The van der Waals surface area contributed by atoms with Crippen LogP contribution in [0.3, 0.4) is 0 Å². The number of alkyl halides is 3. The maximum atomic E-state index is 12.7. The van der Waals surface area contributed by atoms with Crippen LogP contribution in [-0.2, 0) is 17.7 Å². The summed E-state index contributed by atoms with van der Waals surface area (Å²) in [5.74, 6) is 1.28. The molecule has 0 radical (unpaired) electrons. The van der Waals surface area contributed by atoms with Crippen molar-refractivity contribution in [3.63, 3.8) is 0 Å². The number of nitrogens with zero attached hydrogens (tertiary/aromatic N) is 2. The molecule has 1 heterocycles. The lowest BCUT2D eigenvalue weighted by atomic mass is 9.86. The van der Waals surface area contributed by atoms with Crippen molar-refractivity contribution in [3.8, 4) is 5.75 Å². The molecule has 3 rings (SSSR count). The van der Waals surface area contributed by atoms with Crippen LogP contribution in [0.5, 0.6) is 5.75 Å². The van der Waals surface area contributed by atoms with Gasteiger partial charge in [-0.25, -0.2) is 4.98 Å². The van der Waals surface area contributed by atoms with Crippen LogP contribution in [0.1, 0.15) is 43.2 Å². The maximum absolute atomic E-state index is 12.7. The van der Waals surface area contributed by atoms with Gasteiger partial charge in [0.1, 0.15) is 11.6 Å². The first-order chi connectivity index (χ1) is 17.4. The number of halogens is 3. The summed E-state index contributed by atoms with van der Waals surface area (Å²) >= 11 is 0. The van der Waals surface area contributed by atoms with Gasteiger partial charge in [0.05, 0.1) is 6.61 Å². The number of hydrogen-bond acceptors (Lipinski definition) is 8. The van der Waals surface area contributed by atoms with E-state index in [2.05, 4.69) is 30.7 Å². The van der Waals surface area contributed by atoms with Gasteiger partial charge in [0, 0.05) is 56.6 Å². The summed E-state index contributed by atoms with van der Waals surface area (Å²) in [5.41, 5.74) is 1.27. The normalized spacial score (nSPS) is 18.1. The second-order valence-corrected chi connectivity index (χ2v) is 8.95. The summed E-state index contributed by atoms with van der Waals surface area (Å²) in [6.45, 7) is 2.44. The molecule has 0 bridgehead atoms. The lowest BCUT2D eigenvalue weighted by molar-refractivity contribution is -0.274. The van der Waals surface area contributed by atoms with E-state index in [9.17, 15) is 13.2 Å². The van der Waals surface area contributed by atoms with Crippen molar-refractivity contribution in [1.29, 1.82) is 0 Å². The SMILES string of the molecule is COCCc1cnc(NCc2ccccc2OC(F)(F)F)nc1NCC1CCC(NCCCO)CC1. The van der Waals surface area contributed by atoms with Crippen molar-refractivity contribution in [2.75, 3.05) is 44.0 Å². The van der Waals surface area contributed by atoms with Crippen molar-refractivity contribution >= 4 is 11.8 Å². The number of rotatable bonds is 14. The van der Waals surface area contributed by atoms with Crippen LogP contribution in [-0.4, -0.2) is 60.9 Å². The van der Waals surface area contributed by atoms with E-state index in [-0.39, 0.29) is 18.9 Å². The van der Waals surface area contributed by atoms with Crippen molar-refractivity contribution in [2.24, 2.45) is 5.92 Å². The second kappa shape index (κ2) is 14.2. The third kappa shape index (κ3) is 9.44. The lowest BCUT2D eigenvalue weighted by Gasteiger charge is -2.29. The van der Waals surface area contributed by atoms with Crippen LogP contribution < -0.4 is 20.7 Å². The molecule has 8 nitrogen and oxygen atoms in total. The van der Waals surface area contributed by atoms with E-state index in [1.54, 1.807) is 25.4 Å². The lowest BCUT2D eigenvalue weighted by Crippen LogP contribution is -2.35. The van der Waals surface area contributed by atoms with Crippen LogP contribution in [0, 0.1) is 5.92 Å². The minimum absolute atomic E-state index is 0.0798. The van der Waals surface area contributed by atoms with Gasteiger partial charge in [-0.2, -0.15) is 4.98 Å². The zero-order chi connectivity index (χ0) is 25.8. The van der Waals surface area contributed by atoms with Crippen molar-refractivity contribution < 1.29 is 27.8 Å². The predicted octanol–water partition coefficient (Wildman–Crippen LogP) is 4.12. The number of para-hydroxylation sites is 1. The Morgan fingerprint density at radius 2 is 1.86 bits per heavy atom. The monoisotopic (exact) mass is 511 g/mol. The highest BCUT2D eigenvalue weighted by Gasteiger charge is 2.32. The molecule has 0 spiro atoms. The second-order valence-electron chi connectivity index (χ2n) is 8.95. The Kier molecular flexibility index (Phi) is 11.0. The predicted molar refractivity (Wildman–Crippen MR) is 132 cm³/mol. The van der Waals surface area contributed by atoms with E-state index >= 15 is 0 Å². The topological polar surface area (TPSA) is 101 Å². The number of hydrogen-bond donors (Lipinski definition) is 4. The first kappa shape index (κ1) is 27.9. The average molecular weight is 512 g/mol. The molecule has 2 aromatic rings. The van der Waals surface area contributed by atoms with Gasteiger partial charge in [-0.05, 0) is 50.6 Å². The van der Waals surface area contributed by atoms with Crippen molar-refractivity contribution in [2.45, 2.75) is 57.5 Å². The molecule has 1 aromatic heterocycles. The Morgan fingerprint density at radius 3 is 2.58 bits per heavy atom. The molecular weight excluding hydrogens is 475 g/mol. The quantitative estimate of drug-likeness (QED) is 0.281. The standard InChI is InChI=1S/C25H36F3N5O3/c1-35-14-11-20-17-32-24(31-16-19-5-2-3-6-22(19)36-25(26,27)28)33-23(20)30-15-18-7-9-21(10-8-18)29-12-4-13-34/h2-3,5-6,17-18,21,29,34H,4,7-16H2,1H3,(H2,30,31,32,33). The van der Waals surface area contributed by atoms with Gasteiger partial charge >= 0.3 is 6.36 Å². The molecule has 0 aliphatic heterocycles. The summed E-state index contributed by atoms with van der Waals surface area (Å²) in [7, 11) is 1.64. The summed E-state index contributed by atoms with van der Waals surface area (Å²) in [6.07, 6.45) is 2.78. The average Bonchev–Trinajstić information content (AvgIpc) is 2.86. The van der Waals surface area contributed by atoms with Gasteiger partial charge in [-0.3, -0.25) is 0 Å². The van der Waals surface area contributed by atoms with Crippen molar-refractivity contribution in [3.05, 3.63) is 41.6 Å². The number of nitrogens with one attached hydrogen (secondary N) is 3. The Labute approximate surface area is 210 Å². The van der Waals surface area contributed by atoms with Gasteiger partial charge in [0.2, 0.25) is 5.95 Å². The Balaban J connectivity index is 1.59. The first-order valence-electron chi connectivity index (χ1n) is 12.4. The van der Waals surface area contributed by atoms with Crippen LogP contribution >= 0.6 is 0 Å². The number of methoxy groups -OCH3 is 1. The minimum atomic E-state index is -4.76. The molecule has 11 heteroatoms. The highest BCUT2D eigenvalue weighted by Crippen LogP contribution is 2.28. The first-order valence-corrected chi connectivity index (χ1v) is 12.4. The molecular formula is C25H36F3N5O3. The summed E-state index contributed by atoms with van der Waals surface area (Å²) in [6, 6.07) is 6.49. The van der Waals surface area contributed by atoms with E-state index in [0.29, 0.717) is 42.3 Å².